The second-order valence-electron chi connectivity index (χ2n) is 1.50. The minimum absolute atomic E-state index is 0.506. The third-order valence-corrected chi connectivity index (χ3v) is 0.938. The van der Waals surface area contributed by atoms with Crippen LogP contribution in [-0.4, -0.2) is 0 Å². The Balaban J connectivity index is 3.89. The summed E-state index contributed by atoms with van der Waals surface area (Å²) in [6, 6.07) is -2.65. The Morgan fingerprint density at radius 1 is 1.67 bits per heavy atom. The SMILES string of the molecule is [2H]c1c([2H])c([2H])c(C([2H])([2H])C)c(C([2H])([2H])[2H])c1[2H]. The Bertz CT molecular complexity index is 436. The molecule has 0 saturated heterocycles. The van der Waals surface area contributed by atoms with Crippen molar-refractivity contribution in [2.24, 2.45) is 0 Å². The quantitative estimate of drug-likeness (QED) is 0.546. The van der Waals surface area contributed by atoms with E-state index in [0.29, 0.717) is 0 Å². The lowest BCUT2D eigenvalue weighted by Gasteiger charge is -1.98. The van der Waals surface area contributed by atoms with Crippen LogP contribution >= 0.6 is 0 Å². The fraction of sp³-hybridized carbons (Fsp3) is 0.333. The van der Waals surface area contributed by atoms with Crippen LogP contribution in [0.15, 0.2) is 24.2 Å². The van der Waals surface area contributed by atoms with Crippen LogP contribution in [0.5, 0.6) is 0 Å². The average molecular weight is 129 g/mol. The summed E-state index contributed by atoms with van der Waals surface area (Å²) < 4.78 is 67.2. The van der Waals surface area contributed by atoms with E-state index in [1.54, 1.807) is 0 Å². The lowest BCUT2D eigenvalue weighted by atomic mass is 10.1. The van der Waals surface area contributed by atoms with Crippen molar-refractivity contribution >= 4 is 0 Å². The van der Waals surface area contributed by atoms with Crippen molar-refractivity contribution in [3.05, 3.63) is 35.3 Å². The second kappa shape index (κ2) is 2.67. The molecule has 0 radical (unpaired) electrons. The molecule has 9 heavy (non-hydrogen) atoms. The summed E-state index contributed by atoms with van der Waals surface area (Å²) in [4.78, 5) is 0. The van der Waals surface area contributed by atoms with E-state index in [4.69, 9.17) is 12.3 Å². The van der Waals surface area contributed by atoms with Crippen molar-refractivity contribution in [1.29, 1.82) is 0 Å². The maximum Gasteiger partial charge on any atom is 0.0626 e. The molecule has 0 aliphatic rings. The third-order valence-electron chi connectivity index (χ3n) is 0.938. The lowest BCUT2D eigenvalue weighted by molar-refractivity contribution is 1.11. The Labute approximate surface area is 69.2 Å². The van der Waals surface area contributed by atoms with E-state index in [2.05, 4.69) is 0 Å². The van der Waals surface area contributed by atoms with E-state index in [1.807, 2.05) is 0 Å². The molecule has 0 saturated carbocycles. The molecule has 0 aromatic heterocycles. The maximum atomic E-state index is 7.63. The molecule has 0 unspecified atom stereocenters. The van der Waals surface area contributed by atoms with E-state index < -0.39 is 48.5 Å². The van der Waals surface area contributed by atoms with E-state index in [-0.39, 0.29) is 0 Å². The van der Waals surface area contributed by atoms with Gasteiger partial charge in [-0.05, 0) is 24.4 Å². The molecule has 0 aliphatic carbocycles. The van der Waals surface area contributed by atoms with Gasteiger partial charge in [-0.25, -0.2) is 0 Å². The predicted octanol–water partition coefficient (Wildman–Crippen LogP) is 2.56. The summed E-state index contributed by atoms with van der Waals surface area (Å²) in [5, 5.41) is 0. The van der Waals surface area contributed by atoms with Gasteiger partial charge in [-0.15, -0.1) is 0 Å². The van der Waals surface area contributed by atoms with Gasteiger partial charge in [-0.2, -0.15) is 0 Å². The lowest BCUT2D eigenvalue weighted by Crippen LogP contribution is -1.82. The fourth-order valence-corrected chi connectivity index (χ4v) is 0.500. The molecule has 1 rings (SSSR count). The van der Waals surface area contributed by atoms with E-state index >= 15 is 0 Å². The number of hydrogen-bond donors (Lipinski definition) is 0. The molecule has 0 fully saturated rings. The largest absolute Gasteiger partial charge is 0.0626 e. The van der Waals surface area contributed by atoms with Crippen molar-refractivity contribution in [3.63, 3.8) is 0 Å². The zero-order valence-corrected chi connectivity index (χ0v) is 5.00. The third kappa shape index (κ3) is 1.32. The van der Waals surface area contributed by atoms with Gasteiger partial charge in [-0.3, -0.25) is 0 Å². The van der Waals surface area contributed by atoms with Crippen LogP contribution in [-0.2, 0) is 6.37 Å². The van der Waals surface area contributed by atoms with Crippen molar-refractivity contribution in [2.45, 2.75) is 20.1 Å². The molecule has 1 aromatic rings. The Morgan fingerprint density at radius 2 is 2.44 bits per heavy atom. The van der Waals surface area contributed by atoms with Gasteiger partial charge in [0.1, 0.15) is 0 Å². The second-order valence-corrected chi connectivity index (χ2v) is 1.50. The van der Waals surface area contributed by atoms with Crippen molar-refractivity contribution < 1.29 is 12.3 Å². The first-order valence-corrected chi connectivity index (χ1v) is 2.50. The molecule has 48 valence electrons. The Hall–Kier alpha value is -0.780. The van der Waals surface area contributed by atoms with Gasteiger partial charge in [0.15, 0.2) is 0 Å². The molecular weight excluding hydrogens is 108 g/mol. The standard InChI is InChI=1S/C9H12/c1-3-9-7-5-4-6-8(9)2/h4-7H,3H2,1-2H3/i2D3,3D2,4D,5D,6D,7D. The van der Waals surface area contributed by atoms with Gasteiger partial charge in [0.05, 0.1) is 5.48 Å². The fourth-order valence-electron chi connectivity index (χ4n) is 0.500. The Morgan fingerprint density at radius 3 is 3.11 bits per heavy atom. The van der Waals surface area contributed by atoms with Crippen LogP contribution in [0.4, 0.5) is 0 Å². The van der Waals surface area contributed by atoms with Crippen LogP contribution < -0.4 is 0 Å². The van der Waals surface area contributed by atoms with E-state index in [1.165, 1.54) is 0 Å². The molecule has 0 atom stereocenters. The van der Waals surface area contributed by atoms with Crippen LogP contribution in [0.1, 0.15) is 30.4 Å². The number of hydrogen-bond acceptors (Lipinski definition) is 0. The summed E-state index contributed by atoms with van der Waals surface area (Å²) in [5.41, 5.74) is -1.16. The van der Waals surface area contributed by atoms with E-state index in [0.717, 1.165) is 6.92 Å². The summed E-state index contributed by atoms with van der Waals surface area (Å²) in [6.07, 6.45) is -2.17. The summed E-state index contributed by atoms with van der Waals surface area (Å²) in [6.45, 7) is -1.73. The molecule has 0 spiro atoms. The summed E-state index contributed by atoms with van der Waals surface area (Å²) in [5.74, 6) is 0. The average Bonchev–Trinajstić information content (AvgIpc) is 2.16. The molecule has 0 amide bonds. The minimum atomic E-state index is -2.80. The zero-order chi connectivity index (χ0) is 14.5. The highest BCUT2D eigenvalue weighted by Crippen LogP contribution is 2.06. The van der Waals surface area contributed by atoms with Crippen molar-refractivity contribution in [2.75, 3.05) is 0 Å². The first-order chi connectivity index (χ1) is 7.89. The maximum absolute atomic E-state index is 7.63. The smallest absolute Gasteiger partial charge is 0.0620 e. The van der Waals surface area contributed by atoms with Crippen LogP contribution in [0.2, 0.25) is 0 Å². The highest BCUT2D eigenvalue weighted by molar-refractivity contribution is 5.24. The van der Waals surface area contributed by atoms with E-state index in [9.17, 15) is 0 Å². The summed E-state index contributed by atoms with van der Waals surface area (Å²) in [7, 11) is 0. The highest BCUT2D eigenvalue weighted by Gasteiger charge is 1.89. The molecule has 0 heteroatoms. The van der Waals surface area contributed by atoms with Crippen molar-refractivity contribution in [1.82, 2.24) is 0 Å². The first kappa shape index (κ1) is 1.45. The van der Waals surface area contributed by atoms with Crippen LogP contribution in [0.3, 0.4) is 0 Å². The normalized spacial score (nSPS) is 27.0. The minimum Gasteiger partial charge on any atom is -0.0620 e. The Kier molecular flexibility index (Phi) is 0.429. The van der Waals surface area contributed by atoms with Gasteiger partial charge in [-0.1, -0.05) is 31.1 Å². The van der Waals surface area contributed by atoms with Crippen LogP contribution in [0, 0.1) is 6.85 Å². The van der Waals surface area contributed by atoms with Gasteiger partial charge in [0, 0.05) is 6.85 Å². The zero-order valence-electron chi connectivity index (χ0n) is 14.0. The molecule has 1 aromatic carbocycles. The molecule has 0 heterocycles. The topological polar surface area (TPSA) is 0 Å². The van der Waals surface area contributed by atoms with Gasteiger partial charge in [0.2, 0.25) is 0 Å². The molecule has 0 aliphatic heterocycles. The number of rotatable bonds is 1. The highest BCUT2D eigenvalue weighted by atomic mass is 13.9. The molecule has 0 nitrogen and oxygen atoms in total. The number of benzene rings is 1. The molecule has 0 N–H and O–H groups in total. The molecule has 0 bridgehead atoms. The van der Waals surface area contributed by atoms with Crippen molar-refractivity contribution in [3.8, 4) is 0 Å². The van der Waals surface area contributed by atoms with Gasteiger partial charge in [0.25, 0.3) is 0 Å². The van der Waals surface area contributed by atoms with Gasteiger partial charge < -0.3 is 0 Å². The molecular formula is C9H12. The van der Waals surface area contributed by atoms with Gasteiger partial charge >= 0.3 is 0 Å². The first-order valence-electron chi connectivity index (χ1n) is 7.00. The monoisotopic (exact) mass is 129 g/mol. The predicted molar refractivity (Wildman–Crippen MR) is 40.6 cm³/mol. The van der Waals surface area contributed by atoms with Crippen LogP contribution in [0.25, 0.3) is 0 Å². The summed E-state index contributed by atoms with van der Waals surface area (Å²) >= 11 is 0.